The fraction of sp³-hybridized carbons (Fsp3) is 0.600. The Morgan fingerprint density at radius 3 is 2.39 bits per heavy atom. The second kappa shape index (κ2) is 8.57. The number of benzene rings is 1. The third-order valence-electron chi connectivity index (χ3n) is 3.17. The number of nitrogens with two attached hydrogens (primary N) is 1. The molecule has 0 fully saturated rings. The smallest absolute Gasteiger partial charge is 0.0230 e. The summed E-state index contributed by atoms with van der Waals surface area (Å²) < 4.78 is 0. The highest BCUT2D eigenvalue weighted by atomic mass is 32.2. The quantitative estimate of drug-likeness (QED) is 0.733. The molecule has 1 aromatic carbocycles. The minimum Gasteiger partial charge on any atom is -0.330 e. The largest absolute Gasteiger partial charge is 0.330 e. The van der Waals surface area contributed by atoms with E-state index in [0.29, 0.717) is 5.92 Å². The molecule has 0 aromatic heterocycles. The van der Waals surface area contributed by atoms with E-state index in [9.17, 15) is 0 Å². The molecule has 1 aromatic rings. The zero-order chi connectivity index (χ0) is 13.4. The summed E-state index contributed by atoms with van der Waals surface area (Å²) in [5, 5.41) is 0. The molecule has 0 bridgehead atoms. The Balaban J connectivity index is 2.46. The van der Waals surface area contributed by atoms with Crippen molar-refractivity contribution in [2.24, 2.45) is 11.7 Å². The van der Waals surface area contributed by atoms with Gasteiger partial charge in [0.1, 0.15) is 0 Å². The topological polar surface area (TPSA) is 29.3 Å². The number of thioether (sulfide) groups is 1. The van der Waals surface area contributed by atoms with Gasteiger partial charge in [-0.15, -0.1) is 11.8 Å². The molecule has 2 N–H and O–H groups in total. The van der Waals surface area contributed by atoms with E-state index in [2.05, 4.69) is 50.1 Å². The van der Waals surface area contributed by atoms with Gasteiger partial charge >= 0.3 is 0 Å². The van der Waals surface area contributed by atoms with Crippen molar-refractivity contribution in [1.82, 2.24) is 4.90 Å². The molecular formula is C15H26N2S. The molecule has 0 spiro atoms. The van der Waals surface area contributed by atoms with E-state index in [1.54, 1.807) is 0 Å². The molecule has 0 aliphatic rings. The zero-order valence-electron chi connectivity index (χ0n) is 11.9. The van der Waals surface area contributed by atoms with Crippen molar-refractivity contribution in [2.75, 3.05) is 25.9 Å². The Morgan fingerprint density at radius 2 is 1.89 bits per heavy atom. The lowest BCUT2D eigenvalue weighted by Gasteiger charge is -2.22. The predicted molar refractivity (Wildman–Crippen MR) is 82.0 cm³/mol. The van der Waals surface area contributed by atoms with E-state index < -0.39 is 0 Å². The summed E-state index contributed by atoms with van der Waals surface area (Å²) in [5.41, 5.74) is 7.13. The fourth-order valence-electron chi connectivity index (χ4n) is 2.05. The lowest BCUT2D eigenvalue weighted by molar-refractivity contribution is 0.268. The maximum Gasteiger partial charge on any atom is 0.0230 e. The molecule has 102 valence electrons. The van der Waals surface area contributed by atoms with Gasteiger partial charge in [-0.25, -0.2) is 0 Å². The average molecular weight is 266 g/mol. The Kier molecular flexibility index (Phi) is 7.40. The number of hydrogen-bond acceptors (Lipinski definition) is 3. The first-order valence-electron chi connectivity index (χ1n) is 6.79. The van der Waals surface area contributed by atoms with E-state index in [1.807, 2.05) is 11.8 Å². The van der Waals surface area contributed by atoms with Gasteiger partial charge in [0, 0.05) is 18.0 Å². The standard InChI is InChI=1S/C15H26N2S/c1-4-13(10-16)11-17(3)12-14-6-8-15(9-7-14)18-5-2/h6-9,13H,4-5,10-12,16H2,1-3H3. The van der Waals surface area contributed by atoms with Gasteiger partial charge in [0.2, 0.25) is 0 Å². The maximum absolute atomic E-state index is 5.75. The summed E-state index contributed by atoms with van der Waals surface area (Å²) in [4.78, 5) is 3.72. The van der Waals surface area contributed by atoms with E-state index in [1.165, 1.54) is 10.5 Å². The van der Waals surface area contributed by atoms with E-state index >= 15 is 0 Å². The molecule has 0 saturated carbocycles. The van der Waals surface area contributed by atoms with Gasteiger partial charge in [-0.3, -0.25) is 0 Å². The summed E-state index contributed by atoms with van der Waals surface area (Å²) in [7, 11) is 2.17. The van der Waals surface area contributed by atoms with Gasteiger partial charge in [-0.1, -0.05) is 32.4 Å². The van der Waals surface area contributed by atoms with Crippen LogP contribution in [0.2, 0.25) is 0 Å². The van der Waals surface area contributed by atoms with Crippen LogP contribution in [-0.4, -0.2) is 30.8 Å². The van der Waals surface area contributed by atoms with Crippen LogP contribution in [0.5, 0.6) is 0 Å². The SMILES string of the molecule is CCSc1ccc(CN(C)CC(CC)CN)cc1. The van der Waals surface area contributed by atoms with Crippen LogP contribution in [0, 0.1) is 5.92 Å². The number of nitrogens with zero attached hydrogens (tertiary/aromatic N) is 1. The van der Waals surface area contributed by atoms with Crippen molar-refractivity contribution in [1.29, 1.82) is 0 Å². The van der Waals surface area contributed by atoms with Crippen molar-refractivity contribution in [2.45, 2.75) is 31.7 Å². The molecule has 1 unspecified atom stereocenters. The summed E-state index contributed by atoms with van der Waals surface area (Å²) in [5.74, 6) is 1.75. The van der Waals surface area contributed by atoms with Crippen molar-refractivity contribution in [3.05, 3.63) is 29.8 Å². The van der Waals surface area contributed by atoms with E-state index in [0.717, 1.165) is 31.8 Å². The lowest BCUT2D eigenvalue weighted by atomic mass is 10.1. The van der Waals surface area contributed by atoms with Gasteiger partial charge in [0.15, 0.2) is 0 Å². The molecule has 0 aliphatic heterocycles. The summed E-state index contributed by atoms with van der Waals surface area (Å²) in [6.07, 6.45) is 1.16. The third-order valence-corrected chi connectivity index (χ3v) is 4.06. The lowest BCUT2D eigenvalue weighted by Crippen LogP contribution is -2.29. The van der Waals surface area contributed by atoms with Crippen LogP contribution in [-0.2, 0) is 6.54 Å². The van der Waals surface area contributed by atoms with Crippen molar-refractivity contribution in [3.63, 3.8) is 0 Å². The molecule has 2 nitrogen and oxygen atoms in total. The predicted octanol–water partition coefficient (Wildman–Crippen LogP) is 3.22. The van der Waals surface area contributed by atoms with Gasteiger partial charge < -0.3 is 10.6 Å². The van der Waals surface area contributed by atoms with E-state index in [-0.39, 0.29) is 0 Å². The zero-order valence-corrected chi connectivity index (χ0v) is 12.7. The van der Waals surface area contributed by atoms with Gasteiger partial charge in [0.05, 0.1) is 0 Å². The van der Waals surface area contributed by atoms with Crippen molar-refractivity contribution >= 4 is 11.8 Å². The molecule has 3 heteroatoms. The average Bonchev–Trinajstić information content (AvgIpc) is 2.38. The summed E-state index contributed by atoms with van der Waals surface area (Å²) in [6, 6.07) is 8.91. The molecule has 0 saturated heterocycles. The first-order chi connectivity index (χ1) is 8.69. The summed E-state index contributed by atoms with van der Waals surface area (Å²) >= 11 is 1.89. The Hall–Kier alpha value is -0.510. The second-order valence-electron chi connectivity index (χ2n) is 4.78. The highest BCUT2D eigenvalue weighted by molar-refractivity contribution is 7.99. The first-order valence-corrected chi connectivity index (χ1v) is 7.78. The minimum atomic E-state index is 0.616. The molecule has 0 heterocycles. The normalized spacial score (nSPS) is 12.9. The monoisotopic (exact) mass is 266 g/mol. The van der Waals surface area contributed by atoms with Crippen LogP contribution in [0.3, 0.4) is 0 Å². The van der Waals surface area contributed by atoms with Gasteiger partial charge in [-0.05, 0) is 43.0 Å². The highest BCUT2D eigenvalue weighted by Crippen LogP contribution is 2.18. The van der Waals surface area contributed by atoms with Crippen molar-refractivity contribution < 1.29 is 0 Å². The van der Waals surface area contributed by atoms with Crippen LogP contribution in [0.4, 0.5) is 0 Å². The van der Waals surface area contributed by atoms with Crippen LogP contribution >= 0.6 is 11.8 Å². The highest BCUT2D eigenvalue weighted by Gasteiger charge is 2.08. The number of hydrogen-bond donors (Lipinski definition) is 1. The molecule has 1 atom stereocenters. The Labute approximate surface area is 116 Å². The van der Waals surface area contributed by atoms with Gasteiger partial charge in [0.25, 0.3) is 0 Å². The van der Waals surface area contributed by atoms with Gasteiger partial charge in [-0.2, -0.15) is 0 Å². The summed E-state index contributed by atoms with van der Waals surface area (Å²) in [6.45, 7) is 7.27. The Bertz CT molecular complexity index is 320. The van der Waals surface area contributed by atoms with Crippen molar-refractivity contribution in [3.8, 4) is 0 Å². The molecule has 0 aliphatic carbocycles. The molecule has 1 rings (SSSR count). The van der Waals surface area contributed by atoms with Crippen LogP contribution < -0.4 is 5.73 Å². The Morgan fingerprint density at radius 1 is 1.22 bits per heavy atom. The second-order valence-corrected chi connectivity index (χ2v) is 6.12. The number of rotatable bonds is 8. The third kappa shape index (κ3) is 5.42. The van der Waals surface area contributed by atoms with Crippen LogP contribution in [0.15, 0.2) is 29.2 Å². The minimum absolute atomic E-state index is 0.616. The van der Waals surface area contributed by atoms with E-state index in [4.69, 9.17) is 5.73 Å². The molecule has 18 heavy (non-hydrogen) atoms. The maximum atomic E-state index is 5.75. The molecular weight excluding hydrogens is 240 g/mol. The van der Waals surface area contributed by atoms with Crippen LogP contribution in [0.1, 0.15) is 25.8 Å². The van der Waals surface area contributed by atoms with Crippen LogP contribution in [0.25, 0.3) is 0 Å². The fourth-order valence-corrected chi connectivity index (χ4v) is 2.71. The first kappa shape index (κ1) is 15.5. The molecule has 0 radical (unpaired) electrons. The molecule has 0 amide bonds.